The van der Waals surface area contributed by atoms with Gasteiger partial charge in [0.05, 0.1) is 12.1 Å². The van der Waals surface area contributed by atoms with Gasteiger partial charge in [-0.2, -0.15) is 0 Å². The first-order valence-electron chi connectivity index (χ1n) is 4.97. The first kappa shape index (κ1) is 14.7. The summed E-state index contributed by atoms with van der Waals surface area (Å²) in [5.74, 6) is -0.637. The van der Waals surface area contributed by atoms with Gasteiger partial charge in [0, 0.05) is 21.1 Å². The van der Waals surface area contributed by atoms with Crippen LogP contribution in [0.3, 0.4) is 0 Å². The molecule has 1 rings (SSSR count). The first-order chi connectivity index (χ1) is 8.32. The summed E-state index contributed by atoms with van der Waals surface area (Å²) in [5, 5.41) is 7.06. The Kier molecular flexibility index (Phi) is 4.86. The lowest BCUT2D eigenvalue weighted by Crippen LogP contribution is -2.38. The number of likely N-dealkylation sites (N-methyl/N-ethyl adjacent to an activating group) is 2. The van der Waals surface area contributed by atoms with E-state index in [1.54, 1.807) is 14.1 Å². The smallest absolute Gasteiger partial charge is 0.257 e. The van der Waals surface area contributed by atoms with Crippen molar-refractivity contribution in [2.75, 3.05) is 27.7 Å². The Hall–Kier alpha value is -1.40. The van der Waals surface area contributed by atoms with Gasteiger partial charge in [-0.05, 0) is 6.07 Å². The quantitative estimate of drug-likeness (QED) is 0.831. The summed E-state index contributed by atoms with van der Waals surface area (Å²) in [6, 6.07) is 1.32. The van der Waals surface area contributed by atoms with Crippen molar-refractivity contribution in [1.82, 2.24) is 20.0 Å². The summed E-state index contributed by atoms with van der Waals surface area (Å²) in [4.78, 5) is 26.1. The number of halogens is 2. The molecule has 0 bridgehead atoms. The minimum absolute atomic E-state index is 0.0476. The number of carbonyl (C=O) groups is 2. The molecule has 0 radical (unpaired) electrons. The number of carbonyl (C=O) groups excluding carboxylic acids is 2. The highest BCUT2D eigenvalue weighted by molar-refractivity contribution is 6.34. The van der Waals surface area contributed by atoms with Crippen molar-refractivity contribution in [3.63, 3.8) is 0 Å². The van der Waals surface area contributed by atoms with Gasteiger partial charge in [-0.3, -0.25) is 9.59 Å². The summed E-state index contributed by atoms with van der Waals surface area (Å²) in [7, 11) is 4.71. The molecule has 6 nitrogen and oxygen atoms in total. The maximum Gasteiger partial charge on any atom is 0.257 e. The average molecular weight is 291 g/mol. The molecular weight excluding hydrogens is 279 g/mol. The van der Waals surface area contributed by atoms with E-state index in [0.29, 0.717) is 0 Å². The number of amides is 2. The van der Waals surface area contributed by atoms with Crippen LogP contribution >= 0.6 is 23.2 Å². The fourth-order valence-corrected chi connectivity index (χ4v) is 1.44. The van der Waals surface area contributed by atoms with E-state index in [0.717, 1.165) is 0 Å². The zero-order valence-electron chi connectivity index (χ0n) is 10.1. The number of nitrogens with zero attached hydrogens (tertiary/aromatic N) is 4. The van der Waals surface area contributed by atoms with E-state index >= 15 is 0 Å². The molecule has 0 atom stereocenters. The largest absolute Gasteiger partial charge is 0.347 e. The summed E-state index contributed by atoms with van der Waals surface area (Å²) in [6.45, 7) is -0.0535. The second-order valence-electron chi connectivity index (χ2n) is 3.82. The lowest BCUT2D eigenvalue weighted by atomic mass is 10.2. The van der Waals surface area contributed by atoms with Crippen molar-refractivity contribution >= 4 is 35.0 Å². The fraction of sp³-hybridized carbons (Fsp3) is 0.400. The zero-order valence-corrected chi connectivity index (χ0v) is 11.7. The van der Waals surface area contributed by atoms with Crippen molar-refractivity contribution in [2.45, 2.75) is 0 Å². The lowest BCUT2D eigenvalue weighted by Gasteiger charge is -2.19. The highest BCUT2D eigenvalue weighted by Gasteiger charge is 2.19. The van der Waals surface area contributed by atoms with Gasteiger partial charge in [0.1, 0.15) is 0 Å². The molecule has 0 saturated carbocycles. The van der Waals surface area contributed by atoms with Crippen LogP contribution in [0.4, 0.5) is 0 Å². The van der Waals surface area contributed by atoms with E-state index in [1.165, 1.54) is 22.9 Å². The SMILES string of the molecule is CN(C)C(=O)CN(C)C(=O)c1cc(Cl)nnc1Cl. The maximum atomic E-state index is 12.0. The minimum atomic E-state index is -0.438. The Bertz CT molecular complexity index is 479. The minimum Gasteiger partial charge on any atom is -0.347 e. The van der Waals surface area contributed by atoms with Crippen LogP contribution in [0.1, 0.15) is 10.4 Å². The van der Waals surface area contributed by atoms with Crippen LogP contribution in [0, 0.1) is 0 Å². The van der Waals surface area contributed by atoms with Gasteiger partial charge < -0.3 is 9.80 Å². The molecule has 2 amide bonds. The molecule has 0 unspecified atom stereocenters. The summed E-state index contributed by atoms with van der Waals surface area (Å²) >= 11 is 11.4. The van der Waals surface area contributed by atoms with Crippen LogP contribution in [0.5, 0.6) is 0 Å². The second-order valence-corrected chi connectivity index (χ2v) is 4.57. The lowest BCUT2D eigenvalue weighted by molar-refractivity contribution is -0.129. The van der Waals surface area contributed by atoms with E-state index in [2.05, 4.69) is 10.2 Å². The third-order valence-corrected chi connectivity index (χ3v) is 2.63. The molecule has 1 aromatic heterocycles. The molecule has 1 aromatic rings. The topological polar surface area (TPSA) is 66.4 Å². The van der Waals surface area contributed by atoms with Gasteiger partial charge in [-0.15, -0.1) is 10.2 Å². The van der Waals surface area contributed by atoms with Gasteiger partial charge in [-0.25, -0.2) is 0 Å². The molecular formula is C10H12Cl2N4O2. The standard InChI is InChI=1S/C10H12Cl2N4O2/c1-15(2)8(17)5-16(3)10(18)6-4-7(11)13-14-9(6)12/h4H,5H2,1-3H3. The molecule has 0 aromatic carbocycles. The average Bonchev–Trinajstić information content (AvgIpc) is 2.31. The van der Waals surface area contributed by atoms with Crippen molar-refractivity contribution in [3.05, 3.63) is 21.9 Å². The first-order valence-corrected chi connectivity index (χ1v) is 5.73. The highest BCUT2D eigenvalue weighted by Crippen LogP contribution is 2.16. The predicted molar refractivity (Wildman–Crippen MR) is 67.7 cm³/mol. The number of aromatic nitrogens is 2. The van der Waals surface area contributed by atoms with Gasteiger partial charge in [0.15, 0.2) is 10.3 Å². The van der Waals surface area contributed by atoms with Gasteiger partial charge in [0.2, 0.25) is 5.91 Å². The highest BCUT2D eigenvalue weighted by atomic mass is 35.5. The summed E-state index contributed by atoms with van der Waals surface area (Å²) < 4.78 is 0. The Labute approximate surface area is 114 Å². The van der Waals surface area contributed by atoms with E-state index in [-0.39, 0.29) is 28.3 Å². The molecule has 98 valence electrons. The third-order valence-electron chi connectivity index (χ3n) is 2.17. The Morgan fingerprint density at radius 1 is 1.22 bits per heavy atom. The van der Waals surface area contributed by atoms with Crippen molar-refractivity contribution in [1.29, 1.82) is 0 Å². The van der Waals surface area contributed by atoms with Crippen molar-refractivity contribution in [3.8, 4) is 0 Å². The van der Waals surface area contributed by atoms with E-state index in [9.17, 15) is 9.59 Å². The third kappa shape index (κ3) is 3.54. The summed E-state index contributed by atoms with van der Waals surface area (Å²) in [5.41, 5.74) is 0.116. The molecule has 0 N–H and O–H groups in total. The number of hydrogen-bond donors (Lipinski definition) is 0. The van der Waals surface area contributed by atoms with Crippen LogP contribution in [-0.2, 0) is 4.79 Å². The van der Waals surface area contributed by atoms with Crippen molar-refractivity contribution in [2.24, 2.45) is 0 Å². The molecule has 0 aliphatic rings. The second kappa shape index (κ2) is 5.97. The van der Waals surface area contributed by atoms with E-state index in [1.807, 2.05) is 0 Å². The van der Waals surface area contributed by atoms with Crippen LogP contribution in [-0.4, -0.2) is 59.5 Å². The van der Waals surface area contributed by atoms with E-state index < -0.39 is 5.91 Å². The molecule has 18 heavy (non-hydrogen) atoms. The monoisotopic (exact) mass is 290 g/mol. The number of hydrogen-bond acceptors (Lipinski definition) is 4. The normalized spacial score (nSPS) is 10.1. The Morgan fingerprint density at radius 2 is 1.83 bits per heavy atom. The maximum absolute atomic E-state index is 12.0. The predicted octanol–water partition coefficient (Wildman–Crippen LogP) is 0.944. The van der Waals surface area contributed by atoms with Gasteiger partial charge in [-0.1, -0.05) is 23.2 Å². The van der Waals surface area contributed by atoms with Crippen molar-refractivity contribution < 1.29 is 9.59 Å². The Balaban J connectivity index is 2.87. The van der Waals surface area contributed by atoms with Crippen LogP contribution in [0.15, 0.2) is 6.07 Å². The molecule has 0 spiro atoms. The van der Waals surface area contributed by atoms with E-state index in [4.69, 9.17) is 23.2 Å². The fourth-order valence-electron chi connectivity index (χ4n) is 1.12. The summed E-state index contributed by atoms with van der Waals surface area (Å²) in [6.07, 6.45) is 0. The van der Waals surface area contributed by atoms with Crippen LogP contribution in [0.25, 0.3) is 0 Å². The molecule has 0 aliphatic heterocycles. The number of rotatable bonds is 3. The molecule has 8 heteroatoms. The molecule has 0 aliphatic carbocycles. The molecule has 0 saturated heterocycles. The Morgan fingerprint density at radius 3 is 2.39 bits per heavy atom. The van der Waals surface area contributed by atoms with Gasteiger partial charge in [0.25, 0.3) is 5.91 Å². The molecule has 1 heterocycles. The van der Waals surface area contributed by atoms with Gasteiger partial charge >= 0.3 is 0 Å². The van der Waals surface area contributed by atoms with Crippen LogP contribution in [0.2, 0.25) is 10.3 Å². The van der Waals surface area contributed by atoms with Crippen LogP contribution < -0.4 is 0 Å². The zero-order chi connectivity index (χ0) is 13.9. The molecule has 0 fully saturated rings.